The van der Waals surface area contributed by atoms with Gasteiger partial charge in [-0.3, -0.25) is 4.79 Å². The Labute approximate surface area is 179 Å². The number of rotatable bonds is 8. The number of nitrogens with one attached hydrogen (secondary N) is 2. The van der Waals surface area contributed by atoms with Crippen molar-refractivity contribution in [1.82, 2.24) is 25.6 Å². The number of hydrogen-bond donors (Lipinski definition) is 2. The number of ether oxygens (including phenoxy) is 1. The summed E-state index contributed by atoms with van der Waals surface area (Å²) in [6.45, 7) is 9.28. The zero-order valence-electron chi connectivity index (χ0n) is 17.5. The van der Waals surface area contributed by atoms with Gasteiger partial charge in [0.15, 0.2) is 5.69 Å². The van der Waals surface area contributed by atoms with Crippen LogP contribution in [0.25, 0.3) is 0 Å². The van der Waals surface area contributed by atoms with Crippen LogP contribution in [0.1, 0.15) is 60.9 Å². The summed E-state index contributed by atoms with van der Waals surface area (Å²) in [6.07, 6.45) is 3.01. The smallest absolute Gasteiger partial charge is 0.274 e. The van der Waals surface area contributed by atoms with Crippen molar-refractivity contribution in [3.05, 3.63) is 41.2 Å². The fraction of sp³-hybridized carbons (Fsp3) is 0.571. The molecule has 0 unspecified atom stereocenters. The molecule has 0 atom stereocenters. The standard InChI is InChI=1S/C21H31N5O2.ClH/c1-15(2)10-13-28-19-7-5-4-6-17(19)14-23-21(27)20-16(3)26(25-24-20)18-8-11-22-12-9-18;/h4-7,15,18,22H,8-14H2,1-3H3,(H,23,27);1H. The van der Waals surface area contributed by atoms with E-state index in [4.69, 9.17) is 4.74 Å². The van der Waals surface area contributed by atoms with Crippen LogP contribution in [-0.2, 0) is 6.54 Å². The third-order valence-corrected chi connectivity index (χ3v) is 5.16. The molecule has 2 aromatic rings. The average Bonchev–Trinajstić information content (AvgIpc) is 3.09. The van der Waals surface area contributed by atoms with Gasteiger partial charge in [-0.1, -0.05) is 37.3 Å². The molecule has 1 aliphatic rings. The number of hydrogen-bond acceptors (Lipinski definition) is 5. The number of carbonyl (C=O) groups excluding carboxylic acids is 1. The number of piperidine rings is 1. The molecule has 3 rings (SSSR count). The van der Waals surface area contributed by atoms with Crippen LogP contribution >= 0.6 is 12.4 Å². The van der Waals surface area contributed by atoms with Crippen molar-refractivity contribution < 1.29 is 9.53 Å². The minimum atomic E-state index is -0.199. The summed E-state index contributed by atoms with van der Waals surface area (Å²) in [5.41, 5.74) is 2.19. The molecule has 160 valence electrons. The van der Waals surface area contributed by atoms with Gasteiger partial charge in [0, 0.05) is 12.1 Å². The first-order chi connectivity index (χ1) is 13.6. The number of para-hydroxylation sites is 1. The molecule has 1 aromatic heterocycles. The molecule has 2 heterocycles. The van der Waals surface area contributed by atoms with Crippen LogP contribution in [0.4, 0.5) is 0 Å². The minimum absolute atomic E-state index is 0. The molecule has 0 radical (unpaired) electrons. The second-order valence-electron chi connectivity index (χ2n) is 7.77. The van der Waals surface area contributed by atoms with Gasteiger partial charge in [0.1, 0.15) is 5.75 Å². The van der Waals surface area contributed by atoms with Gasteiger partial charge in [-0.2, -0.15) is 0 Å². The highest BCUT2D eigenvalue weighted by molar-refractivity contribution is 5.93. The number of aromatic nitrogens is 3. The van der Waals surface area contributed by atoms with Gasteiger partial charge in [-0.25, -0.2) is 4.68 Å². The number of carbonyl (C=O) groups is 1. The molecule has 1 aromatic carbocycles. The second-order valence-corrected chi connectivity index (χ2v) is 7.77. The molecular weight excluding hydrogens is 390 g/mol. The Morgan fingerprint density at radius 3 is 2.76 bits per heavy atom. The monoisotopic (exact) mass is 421 g/mol. The Balaban J connectivity index is 0.00000300. The van der Waals surface area contributed by atoms with Gasteiger partial charge in [0.05, 0.1) is 18.3 Å². The maximum atomic E-state index is 12.7. The molecular formula is C21H32ClN5O2. The largest absolute Gasteiger partial charge is 0.493 e. The molecule has 1 fully saturated rings. The van der Waals surface area contributed by atoms with E-state index in [1.54, 1.807) is 0 Å². The first-order valence-corrected chi connectivity index (χ1v) is 10.2. The molecule has 2 N–H and O–H groups in total. The predicted octanol–water partition coefficient (Wildman–Crippen LogP) is 3.29. The van der Waals surface area contributed by atoms with Crippen LogP contribution in [0.15, 0.2) is 24.3 Å². The van der Waals surface area contributed by atoms with Gasteiger partial charge >= 0.3 is 0 Å². The fourth-order valence-corrected chi connectivity index (χ4v) is 3.40. The van der Waals surface area contributed by atoms with Crippen LogP contribution in [-0.4, -0.2) is 40.6 Å². The van der Waals surface area contributed by atoms with Gasteiger partial charge in [0.25, 0.3) is 5.91 Å². The summed E-state index contributed by atoms with van der Waals surface area (Å²) >= 11 is 0. The van der Waals surface area contributed by atoms with Crippen LogP contribution < -0.4 is 15.4 Å². The molecule has 0 spiro atoms. The van der Waals surface area contributed by atoms with E-state index >= 15 is 0 Å². The van der Waals surface area contributed by atoms with Crippen LogP contribution in [0.5, 0.6) is 5.75 Å². The number of nitrogens with zero attached hydrogens (tertiary/aromatic N) is 3. The summed E-state index contributed by atoms with van der Waals surface area (Å²) in [5, 5.41) is 14.7. The molecule has 1 amide bonds. The summed E-state index contributed by atoms with van der Waals surface area (Å²) in [5.74, 6) is 1.21. The quantitative estimate of drug-likeness (QED) is 0.683. The van der Waals surface area contributed by atoms with E-state index in [2.05, 4.69) is 34.8 Å². The van der Waals surface area contributed by atoms with Gasteiger partial charge in [0.2, 0.25) is 0 Å². The number of amides is 1. The highest BCUT2D eigenvalue weighted by Crippen LogP contribution is 2.21. The van der Waals surface area contributed by atoms with E-state index in [0.29, 0.717) is 30.8 Å². The van der Waals surface area contributed by atoms with E-state index in [-0.39, 0.29) is 18.3 Å². The molecule has 29 heavy (non-hydrogen) atoms. The first kappa shape index (κ1) is 23.2. The normalized spacial score (nSPS) is 14.5. The maximum Gasteiger partial charge on any atom is 0.274 e. The van der Waals surface area contributed by atoms with Crippen molar-refractivity contribution in [2.45, 2.75) is 52.6 Å². The highest BCUT2D eigenvalue weighted by atomic mass is 35.5. The van der Waals surface area contributed by atoms with Gasteiger partial charge in [-0.05, 0) is 51.3 Å². The SMILES string of the molecule is Cc1c(C(=O)NCc2ccccc2OCCC(C)C)nnn1C1CCNCC1.Cl. The Morgan fingerprint density at radius 2 is 2.03 bits per heavy atom. The lowest BCUT2D eigenvalue weighted by atomic mass is 10.1. The number of halogens is 1. The highest BCUT2D eigenvalue weighted by Gasteiger charge is 2.22. The lowest BCUT2D eigenvalue weighted by Crippen LogP contribution is -2.30. The van der Waals surface area contributed by atoms with Crippen LogP contribution in [0.3, 0.4) is 0 Å². The minimum Gasteiger partial charge on any atom is -0.493 e. The fourth-order valence-electron chi connectivity index (χ4n) is 3.40. The molecule has 0 bridgehead atoms. The molecule has 7 nitrogen and oxygen atoms in total. The van der Waals surface area contributed by atoms with Gasteiger partial charge < -0.3 is 15.4 Å². The van der Waals surface area contributed by atoms with E-state index in [0.717, 1.165) is 49.4 Å². The Morgan fingerprint density at radius 1 is 1.31 bits per heavy atom. The van der Waals surface area contributed by atoms with Gasteiger partial charge in [-0.15, -0.1) is 17.5 Å². The first-order valence-electron chi connectivity index (χ1n) is 10.2. The molecule has 0 aliphatic carbocycles. The van der Waals surface area contributed by atoms with E-state index in [1.165, 1.54) is 0 Å². The zero-order valence-corrected chi connectivity index (χ0v) is 18.3. The predicted molar refractivity (Wildman–Crippen MR) is 116 cm³/mol. The van der Waals surface area contributed by atoms with Crippen molar-refractivity contribution in [3.8, 4) is 5.75 Å². The molecule has 1 saturated heterocycles. The van der Waals surface area contributed by atoms with E-state index in [9.17, 15) is 4.79 Å². The maximum absolute atomic E-state index is 12.7. The van der Waals surface area contributed by atoms with Crippen molar-refractivity contribution >= 4 is 18.3 Å². The lowest BCUT2D eigenvalue weighted by molar-refractivity contribution is 0.0945. The van der Waals surface area contributed by atoms with Crippen LogP contribution in [0, 0.1) is 12.8 Å². The molecule has 0 saturated carbocycles. The lowest BCUT2D eigenvalue weighted by Gasteiger charge is -2.23. The van der Waals surface area contributed by atoms with E-state index < -0.39 is 0 Å². The van der Waals surface area contributed by atoms with Crippen molar-refractivity contribution in [2.75, 3.05) is 19.7 Å². The summed E-state index contributed by atoms with van der Waals surface area (Å²) in [7, 11) is 0. The Bertz CT molecular complexity index is 787. The van der Waals surface area contributed by atoms with Crippen molar-refractivity contribution in [1.29, 1.82) is 0 Å². The second kappa shape index (κ2) is 11.2. The topological polar surface area (TPSA) is 81.1 Å². The van der Waals surface area contributed by atoms with Crippen molar-refractivity contribution in [3.63, 3.8) is 0 Å². The third-order valence-electron chi connectivity index (χ3n) is 5.16. The summed E-state index contributed by atoms with van der Waals surface area (Å²) in [4.78, 5) is 12.7. The Kier molecular flexibility index (Phi) is 8.92. The average molecular weight is 422 g/mol. The summed E-state index contributed by atoms with van der Waals surface area (Å²) < 4.78 is 7.81. The molecule has 8 heteroatoms. The Hall–Kier alpha value is -2.12. The zero-order chi connectivity index (χ0) is 19.9. The van der Waals surface area contributed by atoms with E-state index in [1.807, 2.05) is 35.9 Å². The van der Waals surface area contributed by atoms with Crippen molar-refractivity contribution in [2.24, 2.45) is 5.92 Å². The molecule has 1 aliphatic heterocycles. The summed E-state index contributed by atoms with van der Waals surface area (Å²) in [6, 6.07) is 8.13. The third kappa shape index (κ3) is 6.18. The number of benzene rings is 1. The van der Waals surface area contributed by atoms with Crippen LogP contribution in [0.2, 0.25) is 0 Å².